The molecular weight excluding hydrogens is 427 g/mol. The third-order valence-corrected chi connectivity index (χ3v) is 4.87. The molecule has 1 atom stereocenters. The van der Waals surface area contributed by atoms with Crippen LogP contribution in [-0.4, -0.2) is 47.5 Å². The van der Waals surface area contributed by atoms with Crippen LogP contribution in [0, 0.1) is 5.92 Å². The summed E-state index contributed by atoms with van der Waals surface area (Å²) in [6.07, 6.45) is -8.67. The van der Waals surface area contributed by atoms with Crippen LogP contribution < -0.4 is 0 Å². The fraction of sp³-hybridized carbons (Fsp3) is 0.938. The molecule has 28 heavy (non-hydrogen) atoms. The molecule has 12 heteroatoms. The molecule has 0 aliphatic heterocycles. The monoisotopic (exact) mass is 450 g/mol. The van der Waals surface area contributed by atoms with Crippen LogP contribution >= 0.6 is 11.8 Å². The Hall–Kier alpha value is -0.810. The molecule has 0 bridgehead atoms. The van der Waals surface area contributed by atoms with Gasteiger partial charge in [-0.3, -0.25) is 4.79 Å². The fourth-order valence-electron chi connectivity index (χ4n) is 2.04. The number of esters is 1. The Morgan fingerprint density at radius 2 is 1.50 bits per heavy atom. The van der Waals surface area contributed by atoms with Crippen molar-refractivity contribution in [3.8, 4) is 0 Å². The Morgan fingerprint density at radius 3 is 1.93 bits per heavy atom. The normalized spacial score (nSPS) is 15.0. The first-order valence-corrected chi connectivity index (χ1v) is 9.54. The summed E-state index contributed by atoms with van der Waals surface area (Å²) in [7, 11) is 0. The number of thioether (sulfide) groups is 1. The molecule has 0 aromatic heterocycles. The standard InChI is InChI=1S/C16H23F9O2S/c1-4-7-27-12(26)11(9-10(2)3)28-8-5-6-13(17,18)14(19,20)15(21,22)16(23,24)25/h10-11H,4-9H2,1-3H3. The van der Waals surface area contributed by atoms with Crippen LogP contribution in [0.2, 0.25) is 0 Å². The number of hydrogen-bond donors (Lipinski definition) is 0. The van der Waals surface area contributed by atoms with Crippen molar-refractivity contribution in [1.82, 2.24) is 0 Å². The predicted octanol–water partition coefficient (Wildman–Crippen LogP) is 6.34. The summed E-state index contributed by atoms with van der Waals surface area (Å²) >= 11 is 0.810. The van der Waals surface area contributed by atoms with E-state index in [1.54, 1.807) is 20.8 Å². The van der Waals surface area contributed by atoms with Crippen molar-refractivity contribution in [3.05, 3.63) is 0 Å². The Balaban J connectivity index is 4.91. The van der Waals surface area contributed by atoms with Crippen LogP contribution in [0.3, 0.4) is 0 Å². The maximum atomic E-state index is 13.5. The van der Waals surface area contributed by atoms with Gasteiger partial charge >= 0.3 is 29.9 Å². The third kappa shape index (κ3) is 6.91. The maximum absolute atomic E-state index is 13.5. The molecule has 0 saturated carbocycles. The highest BCUT2D eigenvalue weighted by Crippen LogP contribution is 2.54. The summed E-state index contributed by atoms with van der Waals surface area (Å²) in [4.78, 5) is 11.9. The SMILES string of the molecule is CCCOC(=O)C(CC(C)C)SCCCC(F)(F)C(F)(F)C(F)(F)C(F)(F)F. The quantitative estimate of drug-likeness (QED) is 0.197. The maximum Gasteiger partial charge on any atom is 0.460 e. The van der Waals surface area contributed by atoms with E-state index in [9.17, 15) is 44.3 Å². The lowest BCUT2D eigenvalue weighted by Gasteiger charge is -2.33. The van der Waals surface area contributed by atoms with Crippen molar-refractivity contribution < 1.29 is 49.0 Å². The van der Waals surface area contributed by atoms with E-state index < -0.39 is 48.0 Å². The molecule has 0 aliphatic carbocycles. The van der Waals surface area contributed by atoms with Gasteiger partial charge in [0.2, 0.25) is 0 Å². The van der Waals surface area contributed by atoms with Gasteiger partial charge < -0.3 is 4.74 Å². The zero-order valence-corrected chi connectivity index (χ0v) is 16.3. The first kappa shape index (κ1) is 27.2. The van der Waals surface area contributed by atoms with Gasteiger partial charge in [0.15, 0.2) is 0 Å². The van der Waals surface area contributed by atoms with Crippen LogP contribution in [-0.2, 0) is 9.53 Å². The van der Waals surface area contributed by atoms with E-state index in [4.69, 9.17) is 4.74 Å². The molecule has 0 aromatic rings. The van der Waals surface area contributed by atoms with Crippen LogP contribution in [0.15, 0.2) is 0 Å². The van der Waals surface area contributed by atoms with Crippen molar-refractivity contribution in [2.24, 2.45) is 5.92 Å². The zero-order chi connectivity index (χ0) is 22.4. The minimum absolute atomic E-state index is 0.0166. The summed E-state index contributed by atoms with van der Waals surface area (Å²) in [5, 5.41) is -0.780. The number of hydrogen-bond acceptors (Lipinski definition) is 3. The summed E-state index contributed by atoms with van der Waals surface area (Å²) in [6, 6.07) is 0. The molecular formula is C16H23F9O2S. The highest BCUT2D eigenvalue weighted by molar-refractivity contribution is 8.00. The first-order valence-electron chi connectivity index (χ1n) is 8.49. The van der Waals surface area contributed by atoms with Gasteiger partial charge in [-0.1, -0.05) is 20.8 Å². The van der Waals surface area contributed by atoms with Crippen LogP contribution in [0.25, 0.3) is 0 Å². The number of halogens is 9. The molecule has 0 aliphatic rings. The van der Waals surface area contributed by atoms with Gasteiger partial charge in [0.05, 0.1) is 6.61 Å². The third-order valence-electron chi connectivity index (χ3n) is 3.56. The van der Waals surface area contributed by atoms with E-state index in [0.717, 1.165) is 11.8 Å². The van der Waals surface area contributed by atoms with Crippen molar-refractivity contribution in [2.75, 3.05) is 12.4 Å². The molecule has 0 aromatic carbocycles. The van der Waals surface area contributed by atoms with Gasteiger partial charge in [-0.2, -0.15) is 39.5 Å². The van der Waals surface area contributed by atoms with Crippen molar-refractivity contribution in [1.29, 1.82) is 0 Å². The average molecular weight is 450 g/mol. The number of carbonyl (C=O) groups excluding carboxylic acids is 1. The highest BCUT2D eigenvalue weighted by atomic mass is 32.2. The lowest BCUT2D eigenvalue weighted by Crippen LogP contribution is -2.60. The average Bonchev–Trinajstić information content (AvgIpc) is 2.53. The van der Waals surface area contributed by atoms with Gasteiger partial charge in [-0.05, 0) is 30.9 Å². The Bertz CT molecular complexity index is 493. The first-order chi connectivity index (χ1) is 12.5. The summed E-state index contributed by atoms with van der Waals surface area (Å²) < 4.78 is 120. The second-order valence-corrected chi connectivity index (χ2v) is 7.92. The smallest absolute Gasteiger partial charge is 0.460 e. The molecule has 2 nitrogen and oxygen atoms in total. The van der Waals surface area contributed by atoms with E-state index in [-0.39, 0.29) is 18.3 Å². The minimum atomic E-state index is -6.87. The van der Waals surface area contributed by atoms with E-state index in [2.05, 4.69) is 0 Å². The van der Waals surface area contributed by atoms with Crippen LogP contribution in [0.4, 0.5) is 39.5 Å². The van der Waals surface area contributed by atoms with Gasteiger partial charge in [-0.25, -0.2) is 0 Å². The van der Waals surface area contributed by atoms with Crippen LogP contribution in [0.1, 0.15) is 46.5 Å². The van der Waals surface area contributed by atoms with Gasteiger partial charge in [0, 0.05) is 6.42 Å². The highest BCUT2D eigenvalue weighted by Gasteiger charge is 2.81. The predicted molar refractivity (Wildman–Crippen MR) is 87.1 cm³/mol. The second-order valence-electron chi connectivity index (χ2n) is 6.61. The zero-order valence-electron chi connectivity index (χ0n) is 15.5. The van der Waals surface area contributed by atoms with Crippen molar-refractivity contribution in [3.63, 3.8) is 0 Å². The van der Waals surface area contributed by atoms with E-state index in [0.29, 0.717) is 12.8 Å². The topological polar surface area (TPSA) is 26.3 Å². The molecule has 0 saturated heterocycles. The lowest BCUT2D eigenvalue weighted by atomic mass is 10.00. The van der Waals surface area contributed by atoms with Crippen LogP contribution in [0.5, 0.6) is 0 Å². The van der Waals surface area contributed by atoms with E-state index in [1.165, 1.54) is 0 Å². The molecule has 0 heterocycles. The summed E-state index contributed by atoms with van der Waals surface area (Å²) in [5.41, 5.74) is 0. The Kier molecular flexibility index (Phi) is 9.99. The number of rotatable bonds is 12. The van der Waals surface area contributed by atoms with Gasteiger partial charge in [0.25, 0.3) is 0 Å². The summed E-state index contributed by atoms with van der Waals surface area (Å²) in [6.45, 7) is 5.42. The second kappa shape index (κ2) is 10.3. The molecule has 0 N–H and O–H groups in total. The molecule has 0 rings (SSSR count). The van der Waals surface area contributed by atoms with E-state index >= 15 is 0 Å². The minimum Gasteiger partial charge on any atom is -0.465 e. The molecule has 168 valence electrons. The molecule has 1 unspecified atom stereocenters. The molecule has 0 spiro atoms. The number of alkyl halides is 9. The molecule has 0 amide bonds. The molecule has 0 radical (unpaired) electrons. The fourth-order valence-corrected chi connectivity index (χ4v) is 3.36. The van der Waals surface area contributed by atoms with Gasteiger partial charge in [0.1, 0.15) is 5.25 Å². The molecule has 0 fully saturated rings. The largest absolute Gasteiger partial charge is 0.465 e. The number of ether oxygens (including phenoxy) is 1. The summed E-state index contributed by atoms with van der Waals surface area (Å²) in [5.74, 6) is -20.0. The van der Waals surface area contributed by atoms with Gasteiger partial charge in [-0.15, -0.1) is 11.8 Å². The lowest BCUT2D eigenvalue weighted by molar-refractivity contribution is -0.396. The number of carbonyl (C=O) groups is 1. The Morgan fingerprint density at radius 1 is 0.964 bits per heavy atom. The van der Waals surface area contributed by atoms with Crippen molar-refractivity contribution >= 4 is 17.7 Å². The Labute approximate surface area is 161 Å². The van der Waals surface area contributed by atoms with E-state index in [1.807, 2.05) is 0 Å². The van der Waals surface area contributed by atoms with Crippen molar-refractivity contribution in [2.45, 2.75) is 75.6 Å².